The monoisotopic (exact) mass is 506 g/mol. The first-order valence-corrected chi connectivity index (χ1v) is 12.1. The van der Waals surface area contributed by atoms with Gasteiger partial charge in [0.1, 0.15) is 30.3 Å². The molecule has 2 aromatic rings. The number of likely N-dealkylation sites (tertiary alicyclic amines) is 1. The van der Waals surface area contributed by atoms with E-state index in [9.17, 15) is 26.0 Å². The Labute approximate surface area is 192 Å². The molecule has 0 amide bonds. The van der Waals surface area contributed by atoms with Crippen molar-refractivity contribution in [2.45, 2.75) is 24.2 Å². The first-order valence-electron chi connectivity index (χ1n) is 9.81. The lowest BCUT2D eigenvalue weighted by Gasteiger charge is -2.26. The van der Waals surface area contributed by atoms with Crippen LogP contribution < -0.4 is 4.72 Å². The van der Waals surface area contributed by atoms with E-state index in [1.807, 2.05) is 0 Å². The summed E-state index contributed by atoms with van der Waals surface area (Å²) in [5.41, 5.74) is -2.51. The van der Waals surface area contributed by atoms with E-state index < -0.39 is 51.7 Å². The second kappa shape index (κ2) is 8.73. The zero-order valence-electron chi connectivity index (χ0n) is 17.2. The van der Waals surface area contributed by atoms with Crippen LogP contribution in [0.5, 0.6) is 0 Å². The first kappa shape index (κ1) is 23.7. The van der Waals surface area contributed by atoms with Crippen molar-refractivity contribution in [1.82, 2.24) is 14.6 Å². The Balaban J connectivity index is 1.66. The summed E-state index contributed by atoms with van der Waals surface area (Å²) in [6.45, 7) is -1.40. The van der Waals surface area contributed by atoms with Gasteiger partial charge in [0.2, 0.25) is 15.6 Å². The van der Waals surface area contributed by atoms with Crippen LogP contribution >= 0.6 is 11.6 Å². The van der Waals surface area contributed by atoms with Gasteiger partial charge in [-0.3, -0.25) is 4.98 Å². The van der Waals surface area contributed by atoms with E-state index in [-0.39, 0.29) is 41.6 Å². The molecule has 0 bridgehead atoms. The number of nitrogens with one attached hydrogen (secondary N) is 1. The topological polar surface area (TPSA) is 83.9 Å². The van der Waals surface area contributed by atoms with Crippen LogP contribution in [0.25, 0.3) is 11.1 Å². The molecule has 1 saturated heterocycles. The fourth-order valence-electron chi connectivity index (χ4n) is 4.00. The lowest BCUT2D eigenvalue weighted by molar-refractivity contribution is -0.0434. The lowest BCUT2D eigenvalue weighted by atomic mass is 9.89. The molecule has 1 aromatic carbocycles. The second-order valence-corrected chi connectivity index (χ2v) is 10.2. The van der Waals surface area contributed by atoms with Crippen LogP contribution in [0, 0.1) is 11.6 Å². The van der Waals surface area contributed by atoms with E-state index in [4.69, 9.17) is 16.4 Å². The summed E-state index contributed by atoms with van der Waals surface area (Å²) in [5, 5.41) is 3.95. The van der Waals surface area contributed by atoms with Crippen LogP contribution in [0.15, 0.2) is 35.6 Å². The molecular weight excluding hydrogens is 488 g/mol. The Bertz CT molecular complexity index is 1200. The van der Waals surface area contributed by atoms with Crippen LogP contribution in [0.2, 0.25) is 5.02 Å². The van der Waals surface area contributed by atoms with Crippen molar-refractivity contribution in [3.63, 3.8) is 0 Å². The summed E-state index contributed by atoms with van der Waals surface area (Å²) in [6.07, 6.45) is 0.360. The summed E-state index contributed by atoms with van der Waals surface area (Å²) < 4.78 is 83.0. The van der Waals surface area contributed by atoms with Crippen molar-refractivity contribution in [3.05, 3.63) is 52.8 Å². The number of hydrogen-bond acceptors (Lipinski definition) is 6. The standard InChI is InChI=1S/C20H19ClF4N4O3S/c1-33(30,31)28-16-9-29(8-15(16)25)17-6-20(10-22,32-27-17)19-12(5-11(21)7-26-19)18-13(23)3-2-4-14(18)24/h2-5,7,15-16,28H,6,8-10H2,1H3/t15-,16+,20?/m0/s1. The zero-order chi connectivity index (χ0) is 24.0. The molecule has 1 unspecified atom stereocenters. The third-order valence-corrected chi connectivity index (χ3v) is 6.42. The number of hydrogen-bond donors (Lipinski definition) is 1. The molecule has 2 aliphatic rings. The number of aromatic nitrogens is 1. The molecule has 0 saturated carbocycles. The Morgan fingerprint density at radius 1 is 1.30 bits per heavy atom. The third-order valence-electron chi connectivity index (χ3n) is 5.48. The molecule has 4 rings (SSSR count). The number of benzene rings is 1. The Hall–Kier alpha value is -2.44. The maximum atomic E-state index is 14.5. The van der Waals surface area contributed by atoms with E-state index in [1.54, 1.807) is 0 Å². The van der Waals surface area contributed by atoms with Crippen LogP contribution in [0.1, 0.15) is 12.1 Å². The van der Waals surface area contributed by atoms with E-state index in [0.717, 1.165) is 18.4 Å². The van der Waals surface area contributed by atoms with Gasteiger partial charge in [0, 0.05) is 18.3 Å². The number of halogens is 5. The molecule has 2 aliphatic heterocycles. The van der Waals surface area contributed by atoms with Crippen molar-refractivity contribution in [2.75, 3.05) is 26.0 Å². The fraction of sp³-hybridized carbons (Fsp3) is 0.400. The Morgan fingerprint density at radius 2 is 2.00 bits per heavy atom. The van der Waals surface area contributed by atoms with Crippen molar-refractivity contribution in [2.24, 2.45) is 5.16 Å². The Kier molecular flexibility index (Phi) is 6.27. The predicted octanol–water partition coefficient (Wildman–Crippen LogP) is 3.15. The van der Waals surface area contributed by atoms with Gasteiger partial charge in [0.15, 0.2) is 0 Å². The molecular formula is C20H19ClF4N4O3S. The number of sulfonamides is 1. The van der Waals surface area contributed by atoms with Crippen molar-refractivity contribution >= 4 is 27.5 Å². The number of amidine groups is 1. The summed E-state index contributed by atoms with van der Waals surface area (Å²) >= 11 is 6.01. The van der Waals surface area contributed by atoms with E-state index in [2.05, 4.69) is 14.9 Å². The number of oxime groups is 1. The number of nitrogens with zero attached hydrogens (tertiary/aromatic N) is 3. The molecule has 178 valence electrons. The molecule has 0 aliphatic carbocycles. The highest BCUT2D eigenvalue weighted by atomic mass is 35.5. The minimum absolute atomic E-state index is 0.0539. The van der Waals surface area contributed by atoms with Crippen LogP contribution in [0.4, 0.5) is 17.6 Å². The highest BCUT2D eigenvalue weighted by Crippen LogP contribution is 2.42. The normalized spacial score (nSPS) is 25.3. The first-order chi connectivity index (χ1) is 15.5. The molecule has 33 heavy (non-hydrogen) atoms. The minimum Gasteiger partial charge on any atom is -0.378 e. The SMILES string of the molecule is CS(=O)(=O)N[C@@H]1CN(C2=NOC(CF)(c3ncc(Cl)cc3-c3c(F)cccc3F)C2)C[C@@H]1F. The van der Waals surface area contributed by atoms with Gasteiger partial charge in [0.05, 0.1) is 41.5 Å². The number of rotatable bonds is 5. The zero-order valence-corrected chi connectivity index (χ0v) is 18.8. The summed E-state index contributed by atoms with van der Waals surface area (Å²) in [4.78, 5) is 11.0. The van der Waals surface area contributed by atoms with Gasteiger partial charge in [-0.15, -0.1) is 0 Å². The van der Waals surface area contributed by atoms with Crippen molar-refractivity contribution in [1.29, 1.82) is 0 Å². The predicted molar refractivity (Wildman–Crippen MR) is 114 cm³/mol. The number of alkyl halides is 2. The maximum absolute atomic E-state index is 14.5. The molecule has 0 spiro atoms. The molecule has 7 nitrogen and oxygen atoms in total. The summed E-state index contributed by atoms with van der Waals surface area (Å²) in [7, 11) is -3.65. The van der Waals surface area contributed by atoms with Gasteiger partial charge in [-0.2, -0.15) is 0 Å². The molecule has 1 N–H and O–H groups in total. The highest BCUT2D eigenvalue weighted by Gasteiger charge is 2.48. The van der Waals surface area contributed by atoms with Gasteiger partial charge in [0.25, 0.3) is 0 Å². The van der Waals surface area contributed by atoms with Gasteiger partial charge in [-0.25, -0.2) is 30.7 Å². The van der Waals surface area contributed by atoms with E-state index >= 15 is 0 Å². The van der Waals surface area contributed by atoms with Gasteiger partial charge in [-0.1, -0.05) is 22.8 Å². The smallest absolute Gasteiger partial charge is 0.215 e. The Morgan fingerprint density at radius 3 is 2.64 bits per heavy atom. The van der Waals surface area contributed by atoms with E-state index in [1.165, 1.54) is 23.2 Å². The molecule has 3 heterocycles. The number of pyridine rings is 1. The van der Waals surface area contributed by atoms with Gasteiger partial charge in [-0.05, 0) is 18.2 Å². The van der Waals surface area contributed by atoms with Crippen molar-refractivity contribution < 1.29 is 30.8 Å². The summed E-state index contributed by atoms with van der Waals surface area (Å²) in [6, 6.07) is 3.52. The maximum Gasteiger partial charge on any atom is 0.215 e. The average molecular weight is 507 g/mol. The molecule has 3 atom stereocenters. The largest absolute Gasteiger partial charge is 0.378 e. The summed E-state index contributed by atoms with van der Waals surface area (Å²) in [5.74, 6) is -1.64. The molecule has 1 aromatic heterocycles. The van der Waals surface area contributed by atoms with Crippen molar-refractivity contribution in [3.8, 4) is 11.1 Å². The van der Waals surface area contributed by atoms with E-state index in [0.29, 0.717) is 0 Å². The molecule has 1 fully saturated rings. The lowest BCUT2D eigenvalue weighted by Crippen LogP contribution is -2.41. The van der Waals surface area contributed by atoms with Crippen LogP contribution in [-0.4, -0.2) is 62.4 Å². The quantitative estimate of drug-likeness (QED) is 0.630. The van der Waals surface area contributed by atoms with Crippen LogP contribution in [0.3, 0.4) is 0 Å². The highest BCUT2D eigenvalue weighted by molar-refractivity contribution is 7.88. The second-order valence-electron chi connectivity index (χ2n) is 7.97. The minimum atomic E-state index is -3.65. The fourth-order valence-corrected chi connectivity index (χ4v) is 4.93. The third kappa shape index (κ3) is 4.64. The van der Waals surface area contributed by atoms with Gasteiger partial charge >= 0.3 is 0 Å². The van der Waals surface area contributed by atoms with Crippen LogP contribution in [-0.2, 0) is 20.5 Å². The van der Waals surface area contributed by atoms with Gasteiger partial charge < -0.3 is 9.74 Å². The molecule has 0 radical (unpaired) electrons. The average Bonchev–Trinajstić information content (AvgIpc) is 3.32. The molecule has 13 heteroatoms.